The Kier molecular flexibility index (Phi) is 2.03. The van der Waals surface area contributed by atoms with Crippen LogP contribution in [0.3, 0.4) is 0 Å². The van der Waals surface area contributed by atoms with Crippen molar-refractivity contribution in [1.82, 2.24) is 9.78 Å². The molecule has 0 spiro atoms. The van der Waals surface area contributed by atoms with Crippen LogP contribution in [0.15, 0.2) is 12.4 Å². The minimum Gasteiger partial charge on any atom is -0.479 e. The summed E-state index contributed by atoms with van der Waals surface area (Å²) in [6.07, 6.45) is 4.55. The monoisotopic (exact) mass is 196 g/mol. The first-order valence-electron chi connectivity index (χ1n) is 4.52. The average molecular weight is 196 g/mol. The molecule has 5 heteroatoms. The van der Waals surface area contributed by atoms with Gasteiger partial charge in [0.25, 0.3) is 0 Å². The second kappa shape index (κ2) is 3.09. The lowest BCUT2D eigenvalue weighted by Gasteiger charge is -2.21. The third kappa shape index (κ3) is 1.21. The van der Waals surface area contributed by atoms with Crippen LogP contribution in [0.2, 0.25) is 0 Å². The summed E-state index contributed by atoms with van der Waals surface area (Å²) in [4.78, 5) is 11.2. The molecule has 1 unspecified atom stereocenters. The van der Waals surface area contributed by atoms with Gasteiger partial charge in [-0.15, -0.1) is 0 Å². The molecule has 2 heterocycles. The van der Waals surface area contributed by atoms with Gasteiger partial charge in [-0.3, -0.25) is 4.68 Å². The van der Waals surface area contributed by atoms with Crippen molar-refractivity contribution in [2.45, 2.75) is 18.4 Å². The van der Waals surface area contributed by atoms with Crippen molar-refractivity contribution < 1.29 is 14.6 Å². The highest BCUT2D eigenvalue weighted by Crippen LogP contribution is 2.35. The van der Waals surface area contributed by atoms with E-state index in [9.17, 15) is 4.79 Å². The highest BCUT2D eigenvalue weighted by molar-refractivity contribution is 5.79. The van der Waals surface area contributed by atoms with Crippen molar-refractivity contribution in [3.05, 3.63) is 18.0 Å². The van der Waals surface area contributed by atoms with E-state index in [0.29, 0.717) is 18.6 Å². The molecule has 2 rings (SSSR count). The predicted octanol–water partition coefficient (Wildman–Crippen LogP) is 0.510. The maximum absolute atomic E-state index is 11.2. The molecule has 1 saturated heterocycles. The summed E-state index contributed by atoms with van der Waals surface area (Å²) < 4.78 is 6.93. The molecule has 1 atom stereocenters. The number of aliphatic carboxylic acids is 1. The molecule has 0 bridgehead atoms. The molecule has 0 aliphatic carbocycles. The molecule has 1 aromatic rings. The van der Waals surface area contributed by atoms with Gasteiger partial charge in [-0.1, -0.05) is 0 Å². The number of aryl methyl sites for hydroxylation is 1. The Morgan fingerprint density at radius 1 is 1.79 bits per heavy atom. The van der Waals surface area contributed by atoms with Gasteiger partial charge in [-0.2, -0.15) is 5.10 Å². The molecule has 14 heavy (non-hydrogen) atoms. The summed E-state index contributed by atoms with van der Waals surface area (Å²) >= 11 is 0. The van der Waals surface area contributed by atoms with Crippen molar-refractivity contribution >= 4 is 5.97 Å². The van der Waals surface area contributed by atoms with Crippen molar-refractivity contribution in [2.24, 2.45) is 7.05 Å². The minimum atomic E-state index is -1.16. The van der Waals surface area contributed by atoms with Gasteiger partial charge in [-0.25, -0.2) is 4.79 Å². The number of carboxylic acid groups (broad SMARTS) is 1. The molecule has 1 aliphatic heterocycles. The Hall–Kier alpha value is -1.36. The fourth-order valence-corrected chi connectivity index (χ4v) is 1.79. The number of rotatable bonds is 2. The number of hydrogen-bond acceptors (Lipinski definition) is 3. The van der Waals surface area contributed by atoms with Gasteiger partial charge in [-0.05, 0) is 12.8 Å². The molecular formula is C9H12N2O3. The topological polar surface area (TPSA) is 64.4 Å². The number of ether oxygens (including phenoxy) is 1. The molecule has 5 nitrogen and oxygen atoms in total. The third-order valence-corrected chi connectivity index (χ3v) is 2.54. The van der Waals surface area contributed by atoms with Gasteiger partial charge in [0.15, 0.2) is 5.60 Å². The van der Waals surface area contributed by atoms with E-state index in [1.807, 2.05) is 0 Å². The van der Waals surface area contributed by atoms with E-state index in [4.69, 9.17) is 9.84 Å². The molecule has 1 aromatic heterocycles. The van der Waals surface area contributed by atoms with Gasteiger partial charge in [0, 0.05) is 25.4 Å². The maximum Gasteiger partial charge on any atom is 0.340 e. The summed E-state index contributed by atoms with van der Waals surface area (Å²) in [7, 11) is 1.76. The lowest BCUT2D eigenvalue weighted by molar-refractivity contribution is -0.161. The Labute approximate surface area is 81.3 Å². The third-order valence-electron chi connectivity index (χ3n) is 2.54. The van der Waals surface area contributed by atoms with Crippen LogP contribution in [0.4, 0.5) is 0 Å². The summed E-state index contributed by atoms with van der Waals surface area (Å²) in [6.45, 7) is 0.501. The highest BCUT2D eigenvalue weighted by Gasteiger charge is 2.45. The fraction of sp³-hybridized carbons (Fsp3) is 0.556. The zero-order valence-electron chi connectivity index (χ0n) is 7.93. The number of aromatic nitrogens is 2. The molecule has 1 N–H and O–H groups in total. The first-order chi connectivity index (χ1) is 6.65. The Bertz CT molecular complexity index is 353. The number of carboxylic acids is 1. The largest absolute Gasteiger partial charge is 0.479 e. The highest BCUT2D eigenvalue weighted by atomic mass is 16.5. The minimum absolute atomic E-state index is 0.501. The quantitative estimate of drug-likeness (QED) is 0.748. The van der Waals surface area contributed by atoms with E-state index in [0.717, 1.165) is 6.42 Å². The van der Waals surface area contributed by atoms with Crippen LogP contribution >= 0.6 is 0 Å². The summed E-state index contributed by atoms with van der Waals surface area (Å²) in [5.74, 6) is -0.928. The fourth-order valence-electron chi connectivity index (χ4n) is 1.79. The molecule has 0 saturated carbocycles. The second-order valence-corrected chi connectivity index (χ2v) is 3.49. The molecule has 76 valence electrons. The van der Waals surface area contributed by atoms with Crippen molar-refractivity contribution in [1.29, 1.82) is 0 Å². The second-order valence-electron chi connectivity index (χ2n) is 3.49. The van der Waals surface area contributed by atoms with Gasteiger partial charge in [0.2, 0.25) is 0 Å². The number of hydrogen-bond donors (Lipinski definition) is 1. The molecule has 0 amide bonds. The van der Waals surface area contributed by atoms with E-state index >= 15 is 0 Å². The molecule has 1 aliphatic rings. The van der Waals surface area contributed by atoms with Crippen LogP contribution in [-0.4, -0.2) is 27.5 Å². The summed E-state index contributed by atoms with van der Waals surface area (Å²) in [5.41, 5.74) is -0.529. The average Bonchev–Trinajstić information content (AvgIpc) is 2.71. The van der Waals surface area contributed by atoms with Crippen LogP contribution in [0, 0.1) is 0 Å². The zero-order chi connectivity index (χ0) is 10.2. The Morgan fingerprint density at radius 2 is 2.57 bits per heavy atom. The molecule has 0 aromatic carbocycles. The van der Waals surface area contributed by atoms with E-state index in [-0.39, 0.29) is 0 Å². The van der Waals surface area contributed by atoms with E-state index in [1.54, 1.807) is 24.1 Å². The van der Waals surface area contributed by atoms with Crippen LogP contribution < -0.4 is 0 Å². The van der Waals surface area contributed by atoms with Gasteiger partial charge in [0.05, 0.1) is 6.20 Å². The SMILES string of the molecule is Cn1cc(C2(C(=O)O)CCCO2)cn1. The lowest BCUT2D eigenvalue weighted by atomic mass is 9.94. The van der Waals surface area contributed by atoms with E-state index < -0.39 is 11.6 Å². The van der Waals surface area contributed by atoms with Gasteiger partial charge >= 0.3 is 5.97 Å². The zero-order valence-corrected chi connectivity index (χ0v) is 7.93. The molecule has 0 radical (unpaired) electrons. The van der Waals surface area contributed by atoms with Crippen LogP contribution in [0.25, 0.3) is 0 Å². The van der Waals surface area contributed by atoms with Gasteiger partial charge < -0.3 is 9.84 Å². The molecular weight excluding hydrogens is 184 g/mol. The van der Waals surface area contributed by atoms with Crippen LogP contribution in [-0.2, 0) is 22.2 Å². The lowest BCUT2D eigenvalue weighted by Crippen LogP contribution is -2.34. The van der Waals surface area contributed by atoms with Gasteiger partial charge in [0.1, 0.15) is 0 Å². The normalized spacial score (nSPS) is 26.6. The van der Waals surface area contributed by atoms with Crippen molar-refractivity contribution in [3.8, 4) is 0 Å². The first-order valence-corrected chi connectivity index (χ1v) is 4.52. The smallest absolute Gasteiger partial charge is 0.340 e. The summed E-state index contributed by atoms with van der Waals surface area (Å²) in [5, 5.41) is 13.1. The molecule has 1 fully saturated rings. The summed E-state index contributed by atoms with van der Waals surface area (Å²) in [6, 6.07) is 0. The number of nitrogens with zero attached hydrogens (tertiary/aromatic N) is 2. The Morgan fingerprint density at radius 3 is 3.00 bits per heavy atom. The van der Waals surface area contributed by atoms with Crippen molar-refractivity contribution in [2.75, 3.05) is 6.61 Å². The van der Waals surface area contributed by atoms with E-state index in [2.05, 4.69) is 5.10 Å². The number of carbonyl (C=O) groups is 1. The van der Waals surface area contributed by atoms with Crippen molar-refractivity contribution in [3.63, 3.8) is 0 Å². The predicted molar refractivity (Wildman–Crippen MR) is 47.7 cm³/mol. The van der Waals surface area contributed by atoms with E-state index in [1.165, 1.54) is 0 Å². The standard InChI is InChI=1S/C9H12N2O3/c1-11-6-7(5-10-11)9(8(12)13)3-2-4-14-9/h5-6H,2-4H2,1H3,(H,12,13). The van der Waals surface area contributed by atoms with Crippen LogP contribution in [0.1, 0.15) is 18.4 Å². The first kappa shape index (κ1) is 9.21. The Balaban J connectivity index is 2.41. The van der Waals surface area contributed by atoms with Crippen LogP contribution in [0.5, 0.6) is 0 Å². The maximum atomic E-state index is 11.2.